The second-order valence-corrected chi connectivity index (χ2v) is 6.76. The summed E-state index contributed by atoms with van der Waals surface area (Å²) in [5.74, 6) is -1.42. The summed E-state index contributed by atoms with van der Waals surface area (Å²) in [5, 5.41) is 22.0. The van der Waals surface area contributed by atoms with Crippen LogP contribution in [0.25, 0.3) is 33.4 Å². The molecule has 1 unspecified atom stereocenters. The number of hydrogen-bond donors (Lipinski definition) is 2. The molecule has 3 heterocycles. The van der Waals surface area contributed by atoms with Crippen LogP contribution >= 0.6 is 0 Å². The summed E-state index contributed by atoms with van der Waals surface area (Å²) < 4.78 is 31.4. The minimum absolute atomic E-state index is 0.158. The van der Waals surface area contributed by atoms with Crippen molar-refractivity contribution >= 4 is 10.9 Å². The molecule has 0 saturated heterocycles. The molecule has 1 aliphatic rings. The molecule has 5 rings (SSSR count). The first-order valence-corrected chi connectivity index (χ1v) is 8.55. The zero-order chi connectivity index (χ0) is 18.7. The molecule has 1 aliphatic carbocycles. The maximum absolute atomic E-state index is 15.0. The lowest BCUT2D eigenvalue weighted by Crippen LogP contribution is -2.02. The van der Waals surface area contributed by atoms with Crippen molar-refractivity contribution in [2.24, 2.45) is 7.05 Å². The number of halogens is 2. The first-order valence-electron chi connectivity index (χ1n) is 8.55. The number of rotatable bonds is 2. The van der Waals surface area contributed by atoms with E-state index in [0.29, 0.717) is 35.0 Å². The van der Waals surface area contributed by atoms with E-state index in [4.69, 9.17) is 0 Å². The predicted octanol–water partition coefficient (Wildman–Crippen LogP) is 3.28. The number of aryl methyl sites for hydroxylation is 2. The van der Waals surface area contributed by atoms with Crippen LogP contribution in [-0.4, -0.2) is 30.1 Å². The smallest absolute Gasteiger partial charge is 0.141 e. The summed E-state index contributed by atoms with van der Waals surface area (Å²) in [6.45, 7) is 0. The molecular weight excluding hydrogens is 352 g/mol. The second-order valence-electron chi connectivity index (χ2n) is 6.76. The quantitative estimate of drug-likeness (QED) is 0.570. The zero-order valence-corrected chi connectivity index (χ0v) is 14.4. The molecule has 0 saturated carbocycles. The molecule has 1 atom stereocenters. The molecule has 8 heteroatoms. The van der Waals surface area contributed by atoms with Crippen molar-refractivity contribution in [2.75, 3.05) is 0 Å². The number of benzene rings is 1. The maximum atomic E-state index is 15.0. The van der Waals surface area contributed by atoms with Crippen molar-refractivity contribution < 1.29 is 13.9 Å². The van der Waals surface area contributed by atoms with Crippen molar-refractivity contribution in [1.82, 2.24) is 25.0 Å². The Hall–Kier alpha value is -3.13. The molecule has 0 amide bonds. The van der Waals surface area contributed by atoms with Crippen LogP contribution in [0.1, 0.15) is 23.7 Å². The van der Waals surface area contributed by atoms with Crippen LogP contribution < -0.4 is 0 Å². The Labute approximate surface area is 152 Å². The summed E-state index contributed by atoms with van der Waals surface area (Å²) in [4.78, 5) is 4.21. The fourth-order valence-electron chi connectivity index (χ4n) is 3.74. The average molecular weight is 367 g/mol. The zero-order valence-electron chi connectivity index (χ0n) is 14.4. The number of H-pyrrole nitrogens is 1. The number of pyridine rings is 1. The fraction of sp³-hybridized carbons (Fsp3) is 0.211. The minimum Gasteiger partial charge on any atom is -0.388 e. The van der Waals surface area contributed by atoms with Gasteiger partial charge in [-0.15, -0.1) is 0 Å². The van der Waals surface area contributed by atoms with Gasteiger partial charge in [-0.05, 0) is 30.5 Å². The van der Waals surface area contributed by atoms with E-state index in [1.54, 1.807) is 24.0 Å². The van der Waals surface area contributed by atoms with Crippen LogP contribution in [0.3, 0.4) is 0 Å². The van der Waals surface area contributed by atoms with Crippen molar-refractivity contribution in [3.63, 3.8) is 0 Å². The molecule has 0 radical (unpaired) electrons. The van der Waals surface area contributed by atoms with Gasteiger partial charge in [0.1, 0.15) is 17.3 Å². The SMILES string of the molecule is Cn1cc(-c2n[nH]c3cnc(-c4c(F)cc5c(c4F)C(O)CC5)cc23)cn1. The third kappa shape index (κ3) is 2.37. The van der Waals surface area contributed by atoms with Gasteiger partial charge in [-0.2, -0.15) is 10.2 Å². The molecular formula is C19H15F2N5O. The molecule has 0 spiro atoms. The molecule has 1 aromatic carbocycles. The molecule has 0 aliphatic heterocycles. The van der Waals surface area contributed by atoms with E-state index < -0.39 is 17.7 Å². The Morgan fingerprint density at radius 2 is 2.11 bits per heavy atom. The number of aliphatic hydroxyl groups is 1. The summed E-state index contributed by atoms with van der Waals surface area (Å²) in [7, 11) is 1.80. The lowest BCUT2D eigenvalue weighted by Gasteiger charge is -2.11. The van der Waals surface area contributed by atoms with Crippen LogP contribution in [0.15, 0.2) is 30.7 Å². The molecule has 0 bridgehead atoms. The van der Waals surface area contributed by atoms with Gasteiger partial charge in [-0.3, -0.25) is 14.8 Å². The molecule has 4 aromatic rings. The van der Waals surface area contributed by atoms with E-state index in [2.05, 4.69) is 20.3 Å². The van der Waals surface area contributed by atoms with Gasteiger partial charge in [0.05, 0.1) is 35.3 Å². The van der Waals surface area contributed by atoms with Crippen LogP contribution in [0.2, 0.25) is 0 Å². The number of aromatic nitrogens is 5. The van der Waals surface area contributed by atoms with Gasteiger partial charge in [0.2, 0.25) is 0 Å². The Morgan fingerprint density at radius 3 is 2.89 bits per heavy atom. The van der Waals surface area contributed by atoms with Crippen LogP contribution in [0, 0.1) is 11.6 Å². The first kappa shape index (κ1) is 16.1. The van der Waals surface area contributed by atoms with E-state index >= 15 is 4.39 Å². The van der Waals surface area contributed by atoms with Crippen LogP contribution in [0.4, 0.5) is 8.78 Å². The highest BCUT2D eigenvalue weighted by atomic mass is 19.1. The number of fused-ring (bicyclic) bond motifs is 2. The highest BCUT2D eigenvalue weighted by Crippen LogP contribution is 2.39. The lowest BCUT2D eigenvalue weighted by molar-refractivity contribution is 0.176. The Kier molecular flexibility index (Phi) is 3.38. The summed E-state index contributed by atoms with van der Waals surface area (Å²) >= 11 is 0. The van der Waals surface area contributed by atoms with Gasteiger partial charge in [-0.1, -0.05) is 0 Å². The maximum Gasteiger partial charge on any atom is 0.141 e. The minimum atomic E-state index is -0.914. The number of nitrogens with one attached hydrogen (secondary N) is 1. The van der Waals surface area contributed by atoms with Gasteiger partial charge in [0.15, 0.2) is 0 Å². The Bertz CT molecular complexity index is 1200. The lowest BCUT2D eigenvalue weighted by atomic mass is 10.00. The van der Waals surface area contributed by atoms with E-state index in [1.807, 2.05) is 6.20 Å². The second kappa shape index (κ2) is 5.68. The van der Waals surface area contributed by atoms with Crippen molar-refractivity contribution in [3.8, 4) is 22.5 Å². The van der Waals surface area contributed by atoms with Gasteiger partial charge in [0.25, 0.3) is 0 Å². The standard InChI is InChI=1S/C19H15F2N5O/c1-26-8-10(6-23-26)19-11-5-13(22-7-14(11)24-25-19)17-12(20)4-9-2-3-15(27)16(9)18(17)21/h4-8,15,27H,2-3H2,1H3,(H,24,25). The van der Waals surface area contributed by atoms with Crippen molar-refractivity contribution in [3.05, 3.63) is 53.5 Å². The molecule has 3 aromatic heterocycles. The van der Waals surface area contributed by atoms with Crippen molar-refractivity contribution in [2.45, 2.75) is 18.9 Å². The highest BCUT2D eigenvalue weighted by Gasteiger charge is 2.29. The van der Waals surface area contributed by atoms with E-state index in [0.717, 1.165) is 5.56 Å². The van der Waals surface area contributed by atoms with Crippen molar-refractivity contribution in [1.29, 1.82) is 0 Å². The largest absolute Gasteiger partial charge is 0.388 e. The fourth-order valence-corrected chi connectivity index (χ4v) is 3.74. The topological polar surface area (TPSA) is 79.6 Å². The average Bonchev–Trinajstić information content (AvgIpc) is 3.33. The monoisotopic (exact) mass is 367 g/mol. The molecule has 6 nitrogen and oxygen atoms in total. The normalized spacial score (nSPS) is 16.2. The molecule has 2 N–H and O–H groups in total. The summed E-state index contributed by atoms with van der Waals surface area (Å²) in [5.41, 5.74) is 2.69. The van der Waals surface area contributed by atoms with Gasteiger partial charge < -0.3 is 5.11 Å². The van der Waals surface area contributed by atoms with Gasteiger partial charge >= 0.3 is 0 Å². The van der Waals surface area contributed by atoms with E-state index in [9.17, 15) is 9.50 Å². The molecule has 136 valence electrons. The molecule has 0 fully saturated rings. The summed E-state index contributed by atoms with van der Waals surface area (Å²) in [6.07, 6.45) is 4.92. The Balaban J connectivity index is 1.72. The number of aromatic amines is 1. The first-order chi connectivity index (χ1) is 13.0. The van der Waals surface area contributed by atoms with Gasteiger partial charge in [0, 0.05) is 29.8 Å². The third-order valence-corrected chi connectivity index (χ3v) is 5.04. The highest BCUT2D eigenvalue weighted by molar-refractivity contribution is 5.94. The number of nitrogens with zero attached hydrogens (tertiary/aromatic N) is 4. The van der Waals surface area contributed by atoms with E-state index in [-0.39, 0.29) is 16.8 Å². The van der Waals surface area contributed by atoms with Crippen LogP contribution in [-0.2, 0) is 13.5 Å². The van der Waals surface area contributed by atoms with E-state index in [1.165, 1.54) is 12.3 Å². The summed E-state index contributed by atoms with van der Waals surface area (Å²) in [6, 6.07) is 2.91. The van der Waals surface area contributed by atoms with Gasteiger partial charge in [-0.25, -0.2) is 8.78 Å². The third-order valence-electron chi connectivity index (χ3n) is 5.04. The number of aliphatic hydroxyl groups excluding tert-OH is 1. The van der Waals surface area contributed by atoms with Crippen LogP contribution in [0.5, 0.6) is 0 Å². The predicted molar refractivity (Wildman–Crippen MR) is 94.7 cm³/mol. The number of hydrogen-bond acceptors (Lipinski definition) is 4. The molecule has 27 heavy (non-hydrogen) atoms. The Morgan fingerprint density at radius 1 is 1.26 bits per heavy atom.